The molecule has 118 valence electrons. The van der Waals surface area contributed by atoms with Gasteiger partial charge in [0.25, 0.3) is 0 Å². The first-order chi connectivity index (χ1) is 10.5. The third-order valence-electron chi connectivity index (χ3n) is 4.02. The zero-order valence-corrected chi connectivity index (χ0v) is 13.7. The van der Waals surface area contributed by atoms with Crippen molar-refractivity contribution in [2.45, 2.75) is 19.0 Å². The third-order valence-corrected chi connectivity index (χ3v) is 4.82. The van der Waals surface area contributed by atoms with E-state index in [0.29, 0.717) is 23.1 Å². The standard InChI is InChI=1S/C15H17Cl2N3O2/c1-22-7-11(18)15(21)20-5-4-12-9(6-20)8-2-3-10(16)13(17)14(8)19-12/h2-3,11,19H,4-7,18H2,1H3/t11-/m1/s1. The number of rotatable bonds is 3. The van der Waals surface area contributed by atoms with Gasteiger partial charge in [-0.1, -0.05) is 29.3 Å². The number of methoxy groups -OCH3 is 1. The Morgan fingerprint density at radius 3 is 3.00 bits per heavy atom. The van der Waals surface area contributed by atoms with Gasteiger partial charge in [0, 0.05) is 43.3 Å². The first-order valence-electron chi connectivity index (χ1n) is 7.03. The maximum absolute atomic E-state index is 12.3. The Morgan fingerprint density at radius 1 is 1.50 bits per heavy atom. The normalized spacial score (nSPS) is 15.9. The summed E-state index contributed by atoms with van der Waals surface area (Å²) in [4.78, 5) is 17.4. The first kappa shape index (κ1) is 15.6. The molecule has 1 aliphatic heterocycles. The van der Waals surface area contributed by atoms with Gasteiger partial charge in [-0.2, -0.15) is 0 Å². The first-order valence-corrected chi connectivity index (χ1v) is 7.79. The SMILES string of the molecule is COC[C@@H](N)C(=O)N1CCc2[nH]c3c(Cl)c(Cl)ccc3c2C1. The van der Waals surface area contributed by atoms with Crippen LogP contribution >= 0.6 is 23.2 Å². The van der Waals surface area contributed by atoms with Gasteiger partial charge in [-0.05, 0) is 6.07 Å². The number of carbonyl (C=O) groups excluding carboxylic acids is 1. The van der Waals surface area contributed by atoms with Crippen molar-refractivity contribution in [2.24, 2.45) is 5.73 Å². The fourth-order valence-corrected chi connectivity index (χ4v) is 3.27. The molecule has 0 saturated carbocycles. The average Bonchev–Trinajstić information content (AvgIpc) is 2.89. The number of nitrogens with one attached hydrogen (secondary N) is 1. The number of amides is 1. The monoisotopic (exact) mass is 341 g/mol. The lowest BCUT2D eigenvalue weighted by Gasteiger charge is -2.29. The smallest absolute Gasteiger partial charge is 0.242 e. The van der Waals surface area contributed by atoms with E-state index in [0.717, 1.165) is 28.6 Å². The molecule has 0 unspecified atom stereocenters. The summed E-state index contributed by atoms with van der Waals surface area (Å²) >= 11 is 12.3. The number of nitrogens with zero attached hydrogens (tertiary/aromatic N) is 1. The lowest BCUT2D eigenvalue weighted by atomic mass is 10.0. The number of hydrogen-bond acceptors (Lipinski definition) is 3. The molecule has 1 aliphatic rings. The van der Waals surface area contributed by atoms with E-state index in [4.69, 9.17) is 33.7 Å². The van der Waals surface area contributed by atoms with Gasteiger partial charge in [0.2, 0.25) is 5.91 Å². The number of ether oxygens (including phenoxy) is 1. The molecule has 22 heavy (non-hydrogen) atoms. The molecule has 1 amide bonds. The highest BCUT2D eigenvalue weighted by Gasteiger charge is 2.27. The van der Waals surface area contributed by atoms with Crippen molar-refractivity contribution < 1.29 is 9.53 Å². The molecule has 2 heterocycles. The van der Waals surface area contributed by atoms with Crippen LogP contribution in [0.2, 0.25) is 10.0 Å². The molecular formula is C15H17Cl2N3O2. The van der Waals surface area contributed by atoms with Crippen LogP contribution in [0.15, 0.2) is 12.1 Å². The van der Waals surface area contributed by atoms with Crippen LogP contribution in [-0.2, 0) is 22.5 Å². The van der Waals surface area contributed by atoms with Gasteiger partial charge in [0.1, 0.15) is 6.04 Å². The summed E-state index contributed by atoms with van der Waals surface area (Å²) < 4.78 is 4.96. The van der Waals surface area contributed by atoms with Crippen LogP contribution in [0.4, 0.5) is 0 Å². The number of carbonyl (C=O) groups is 1. The Bertz CT molecular complexity index is 729. The minimum absolute atomic E-state index is 0.0955. The minimum atomic E-state index is -0.630. The fraction of sp³-hybridized carbons (Fsp3) is 0.400. The largest absolute Gasteiger partial charge is 0.383 e. The predicted molar refractivity (Wildman–Crippen MR) is 87.3 cm³/mol. The van der Waals surface area contributed by atoms with E-state index in [2.05, 4.69) is 4.98 Å². The zero-order chi connectivity index (χ0) is 15.9. The number of benzene rings is 1. The molecule has 0 bridgehead atoms. The number of aromatic amines is 1. The lowest BCUT2D eigenvalue weighted by Crippen LogP contribution is -2.47. The molecule has 2 aromatic rings. The van der Waals surface area contributed by atoms with E-state index >= 15 is 0 Å². The number of hydrogen-bond donors (Lipinski definition) is 2. The maximum Gasteiger partial charge on any atom is 0.242 e. The molecule has 0 fully saturated rings. The summed E-state index contributed by atoms with van der Waals surface area (Å²) in [5.74, 6) is -0.0955. The molecule has 1 aromatic heterocycles. The summed E-state index contributed by atoms with van der Waals surface area (Å²) in [5, 5.41) is 2.03. The number of fused-ring (bicyclic) bond motifs is 3. The molecule has 3 rings (SSSR count). The van der Waals surface area contributed by atoms with Gasteiger partial charge in [0.05, 0.1) is 22.2 Å². The van der Waals surface area contributed by atoms with Crippen molar-refractivity contribution in [1.82, 2.24) is 9.88 Å². The van der Waals surface area contributed by atoms with Crippen LogP contribution in [0.3, 0.4) is 0 Å². The second kappa shape index (κ2) is 6.08. The van der Waals surface area contributed by atoms with E-state index < -0.39 is 6.04 Å². The Kier molecular flexibility index (Phi) is 4.32. The number of nitrogens with two attached hydrogens (primary N) is 1. The highest BCUT2D eigenvalue weighted by Crippen LogP contribution is 2.35. The summed E-state index contributed by atoms with van der Waals surface area (Å²) in [7, 11) is 1.53. The Morgan fingerprint density at radius 2 is 2.27 bits per heavy atom. The summed E-state index contributed by atoms with van der Waals surface area (Å²) in [5.41, 5.74) is 8.86. The molecule has 1 atom stereocenters. The predicted octanol–water partition coefficient (Wildman–Crippen LogP) is 2.33. The van der Waals surface area contributed by atoms with Crippen LogP contribution in [0.1, 0.15) is 11.3 Å². The van der Waals surface area contributed by atoms with Crippen molar-refractivity contribution in [1.29, 1.82) is 0 Å². The van der Waals surface area contributed by atoms with Crippen LogP contribution in [0.25, 0.3) is 10.9 Å². The van der Waals surface area contributed by atoms with Crippen molar-refractivity contribution in [2.75, 3.05) is 20.3 Å². The summed E-state index contributed by atoms with van der Waals surface area (Å²) in [6.45, 7) is 1.36. The van der Waals surface area contributed by atoms with Crippen molar-refractivity contribution >= 4 is 40.0 Å². The van der Waals surface area contributed by atoms with Crippen molar-refractivity contribution in [3.63, 3.8) is 0 Å². The molecule has 0 spiro atoms. The molecule has 0 aliphatic carbocycles. The second-order valence-electron chi connectivity index (χ2n) is 5.44. The quantitative estimate of drug-likeness (QED) is 0.899. The van der Waals surface area contributed by atoms with Crippen LogP contribution in [0.5, 0.6) is 0 Å². The van der Waals surface area contributed by atoms with Crippen LogP contribution in [0, 0.1) is 0 Å². The van der Waals surface area contributed by atoms with E-state index in [1.54, 1.807) is 11.0 Å². The molecule has 3 N–H and O–H groups in total. The molecular weight excluding hydrogens is 325 g/mol. The average molecular weight is 342 g/mol. The Labute approximate surface area is 138 Å². The van der Waals surface area contributed by atoms with E-state index in [9.17, 15) is 4.79 Å². The number of aromatic nitrogens is 1. The Hall–Kier alpha value is -1.27. The topological polar surface area (TPSA) is 71.3 Å². The van der Waals surface area contributed by atoms with Crippen LogP contribution < -0.4 is 5.73 Å². The minimum Gasteiger partial charge on any atom is -0.383 e. The number of halogens is 2. The molecule has 0 radical (unpaired) electrons. The summed E-state index contributed by atoms with van der Waals surface area (Å²) in [6.07, 6.45) is 0.739. The van der Waals surface area contributed by atoms with E-state index in [1.807, 2.05) is 6.07 Å². The molecule has 7 heteroatoms. The molecule has 5 nitrogen and oxygen atoms in total. The third kappa shape index (κ3) is 2.58. The van der Waals surface area contributed by atoms with Crippen molar-refractivity contribution in [3.05, 3.63) is 33.4 Å². The van der Waals surface area contributed by atoms with Gasteiger partial charge in [-0.25, -0.2) is 0 Å². The zero-order valence-electron chi connectivity index (χ0n) is 12.2. The van der Waals surface area contributed by atoms with Gasteiger partial charge < -0.3 is 20.4 Å². The van der Waals surface area contributed by atoms with Gasteiger partial charge in [-0.3, -0.25) is 4.79 Å². The number of H-pyrrole nitrogens is 1. The van der Waals surface area contributed by atoms with Crippen LogP contribution in [-0.4, -0.2) is 42.1 Å². The van der Waals surface area contributed by atoms with Gasteiger partial charge in [0.15, 0.2) is 0 Å². The highest BCUT2D eigenvalue weighted by molar-refractivity contribution is 6.45. The summed E-state index contributed by atoms with van der Waals surface area (Å²) in [6, 6.07) is 3.08. The fourth-order valence-electron chi connectivity index (χ4n) is 2.90. The maximum atomic E-state index is 12.3. The molecule has 1 aromatic carbocycles. The second-order valence-corrected chi connectivity index (χ2v) is 6.22. The van der Waals surface area contributed by atoms with Gasteiger partial charge in [-0.15, -0.1) is 0 Å². The van der Waals surface area contributed by atoms with Gasteiger partial charge >= 0.3 is 0 Å². The molecule has 0 saturated heterocycles. The Balaban J connectivity index is 1.93. The van der Waals surface area contributed by atoms with E-state index in [-0.39, 0.29) is 12.5 Å². The van der Waals surface area contributed by atoms with Crippen molar-refractivity contribution in [3.8, 4) is 0 Å². The lowest BCUT2D eigenvalue weighted by molar-refractivity contribution is -0.134. The van der Waals surface area contributed by atoms with E-state index in [1.165, 1.54) is 7.11 Å². The highest BCUT2D eigenvalue weighted by atomic mass is 35.5.